The van der Waals surface area contributed by atoms with Gasteiger partial charge in [0.1, 0.15) is 0 Å². The van der Waals surface area contributed by atoms with Gasteiger partial charge in [-0.05, 0) is 13.8 Å². The Morgan fingerprint density at radius 2 is 2.10 bits per heavy atom. The molecule has 0 aliphatic rings. The minimum absolute atomic E-state index is 0.233. The van der Waals surface area contributed by atoms with Crippen LogP contribution < -0.4 is 11.1 Å². The van der Waals surface area contributed by atoms with Crippen molar-refractivity contribution in [2.24, 2.45) is 5.73 Å². The van der Waals surface area contributed by atoms with Crippen molar-refractivity contribution in [3.8, 4) is 0 Å². The average Bonchev–Trinajstić information content (AvgIpc) is 1.81. The molecule has 0 aromatic carbocycles. The van der Waals surface area contributed by atoms with Gasteiger partial charge in [-0.3, -0.25) is 5.32 Å². The molecule has 0 fully saturated rings. The Labute approximate surface area is 61.0 Å². The summed E-state index contributed by atoms with van der Waals surface area (Å²) in [6.45, 7) is 3.66. The van der Waals surface area contributed by atoms with E-state index in [4.69, 9.17) is 15.9 Å². The number of nitrogens with two attached hydrogens (primary N) is 1. The van der Waals surface area contributed by atoms with Gasteiger partial charge in [0.25, 0.3) is 0 Å². The van der Waals surface area contributed by atoms with Crippen molar-refractivity contribution >= 4 is 0 Å². The van der Waals surface area contributed by atoms with E-state index >= 15 is 0 Å². The second-order valence-electron chi connectivity index (χ2n) is 2.94. The van der Waals surface area contributed by atoms with E-state index in [1.807, 2.05) is 0 Å². The van der Waals surface area contributed by atoms with Crippen LogP contribution in [0.1, 0.15) is 13.8 Å². The smallest absolute Gasteiger partial charge is 0.0895 e. The van der Waals surface area contributed by atoms with Gasteiger partial charge in [-0.2, -0.15) is 0 Å². The molecule has 1 unspecified atom stereocenters. The summed E-state index contributed by atoms with van der Waals surface area (Å²) in [5.41, 5.74) is 5.04. The van der Waals surface area contributed by atoms with Crippen LogP contribution in [0.2, 0.25) is 0 Å². The van der Waals surface area contributed by atoms with Gasteiger partial charge in [-0.25, -0.2) is 0 Å². The number of nitrogens with one attached hydrogen (secondary N) is 1. The molecule has 0 spiro atoms. The van der Waals surface area contributed by atoms with Crippen molar-refractivity contribution in [3.05, 3.63) is 0 Å². The molecule has 62 valence electrons. The monoisotopic (exact) mass is 148 g/mol. The number of rotatable bonds is 4. The highest BCUT2D eigenvalue weighted by molar-refractivity contribution is 4.70. The lowest BCUT2D eigenvalue weighted by molar-refractivity contribution is 0.0881. The lowest BCUT2D eigenvalue weighted by atomic mass is 10.2. The number of aliphatic hydroxyl groups excluding tert-OH is 2. The molecule has 0 radical (unpaired) electrons. The second-order valence-corrected chi connectivity index (χ2v) is 2.94. The Balaban J connectivity index is 3.36. The first-order valence-electron chi connectivity index (χ1n) is 3.28. The summed E-state index contributed by atoms with van der Waals surface area (Å²) in [6.07, 6.45) is -0.720. The van der Waals surface area contributed by atoms with Crippen molar-refractivity contribution in [2.45, 2.75) is 25.6 Å². The van der Waals surface area contributed by atoms with Crippen molar-refractivity contribution in [2.75, 3.05) is 13.2 Å². The van der Waals surface area contributed by atoms with Gasteiger partial charge in [0.05, 0.1) is 18.4 Å². The maximum Gasteiger partial charge on any atom is 0.0895 e. The molecule has 5 N–H and O–H groups in total. The summed E-state index contributed by atoms with van der Waals surface area (Å²) >= 11 is 0. The Kier molecular flexibility index (Phi) is 3.81. The largest absolute Gasteiger partial charge is 0.394 e. The first-order valence-corrected chi connectivity index (χ1v) is 3.28. The standard InChI is InChI=1S/C6H16N2O2/c1-6(2,7)8-3-5(10)4-9/h5,8-10H,3-4,7H2,1-2H3. The van der Waals surface area contributed by atoms with Crippen molar-refractivity contribution in [3.63, 3.8) is 0 Å². The Hall–Kier alpha value is -0.160. The lowest BCUT2D eigenvalue weighted by Crippen LogP contribution is -2.50. The molecule has 0 aromatic heterocycles. The quantitative estimate of drug-likeness (QED) is 0.371. The maximum absolute atomic E-state index is 8.85. The second kappa shape index (κ2) is 3.88. The number of aliphatic hydroxyl groups is 2. The van der Waals surface area contributed by atoms with Gasteiger partial charge in [-0.15, -0.1) is 0 Å². The molecule has 0 aliphatic carbocycles. The van der Waals surface area contributed by atoms with Crippen LogP contribution >= 0.6 is 0 Å². The summed E-state index contributed by atoms with van der Waals surface area (Å²) in [4.78, 5) is 0. The zero-order chi connectivity index (χ0) is 8.20. The van der Waals surface area contributed by atoms with E-state index in [1.54, 1.807) is 13.8 Å². The molecule has 10 heavy (non-hydrogen) atoms. The van der Waals surface area contributed by atoms with Crippen LogP contribution in [-0.4, -0.2) is 35.1 Å². The molecular formula is C6H16N2O2. The third-order valence-electron chi connectivity index (χ3n) is 1.00. The summed E-state index contributed by atoms with van der Waals surface area (Å²) < 4.78 is 0. The van der Waals surface area contributed by atoms with E-state index in [-0.39, 0.29) is 6.61 Å². The van der Waals surface area contributed by atoms with Gasteiger partial charge in [0.15, 0.2) is 0 Å². The zero-order valence-electron chi connectivity index (χ0n) is 6.46. The van der Waals surface area contributed by atoms with Crippen LogP contribution in [0.25, 0.3) is 0 Å². The van der Waals surface area contributed by atoms with Gasteiger partial charge in [0.2, 0.25) is 0 Å². The van der Waals surface area contributed by atoms with E-state index in [1.165, 1.54) is 0 Å². The van der Waals surface area contributed by atoms with Gasteiger partial charge in [0, 0.05) is 6.54 Å². The number of hydrogen-bond donors (Lipinski definition) is 4. The van der Waals surface area contributed by atoms with Crippen LogP contribution in [0.3, 0.4) is 0 Å². The summed E-state index contributed by atoms with van der Waals surface area (Å²) in [6, 6.07) is 0. The van der Waals surface area contributed by atoms with Gasteiger partial charge >= 0.3 is 0 Å². The highest BCUT2D eigenvalue weighted by Gasteiger charge is 2.10. The summed E-state index contributed by atoms with van der Waals surface area (Å²) in [5, 5.41) is 20.1. The van der Waals surface area contributed by atoms with E-state index < -0.39 is 11.8 Å². The van der Waals surface area contributed by atoms with Crippen molar-refractivity contribution in [1.29, 1.82) is 0 Å². The van der Waals surface area contributed by atoms with Crippen LogP contribution in [0.4, 0.5) is 0 Å². The van der Waals surface area contributed by atoms with Crippen molar-refractivity contribution < 1.29 is 10.2 Å². The average molecular weight is 148 g/mol. The molecule has 4 heteroatoms. The predicted octanol–water partition coefficient (Wildman–Crippen LogP) is -1.38. The predicted molar refractivity (Wildman–Crippen MR) is 39.4 cm³/mol. The zero-order valence-corrected chi connectivity index (χ0v) is 6.46. The molecule has 0 saturated heterocycles. The fraction of sp³-hybridized carbons (Fsp3) is 1.00. The Morgan fingerprint density at radius 1 is 1.60 bits per heavy atom. The molecule has 0 amide bonds. The molecule has 0 bridgehead atoms. The molecule has 0 saturated carbocycles. The highest BCUT2D eigenvalue weighted by Crippen LogP contribution is 1.89. The Morgan fingerprint density at radius 3 is 2.40 bits per heavy atom. The van der Waals surface area contributed by atoms with E-state index in [0.717, 1.165) is 0 Å². The van der Waals surface area contributed by atoms with E-state index in [0.29, 0.717) is 6.54 Å². The summed E-state index contributed by atoms with van der Waals surface area (Å²) in [5.74, 6) is 0. The maximum atomic E-state index is 8.85. The molecular weight excluding hydrogens is 132 g/mol. The minimum Gasteiger partial charge on any atom is -0.394 e. The topological polar surface area (TPSA) is 78.5 Å². The number of hydrogen-bond acceptors (Lipinski definition) is 4. The fourth-order valence-corrected chi connectivity index (χ4v) is 0.445. The van der Waals surface area contributed by atoms with Crippen LogP contribution in [0.15, 0.2) is 0 Å². The molecule has 0 aromatic rings. The Bertz CT molecular complexity index is 90.2. The molecule has 1 atom stereocenters. The third-order valence-corrected chi connectivity index (χ3v) is 1.00. The van der Waals surface area contributed by atoms with Crippen molar-refractivity contribution in [1.82, 2.24) is 5.32 Å². The van der Waals surface area contributed by atoms with E-state index in [9.17, 15) is 0 Å². The first-order chi connectivity index (χ1) is 4.45. The summed E-state index contributed by atoms with van der Waals surface area (Å²) in [7, 11) is 0. The molecule has 0 aliphatic heterocycles. The lowest BCUT2D eigenvalue weighted by Gasteiger charge is -2.21. The van der Waals surface area contributed by atoms with Gasteiger partial charge < -0.3 is 15.9 Å². The normalized spacial score (nSPS) is 15.3. The first kappa shape index (κ1) is 9.84. The van der Waals surface area contributed by atoms with Crippen LogP contribution in [0.5, 0.6) is 0 Å². The minimum atomic E-state index is -0.720. The molecule has 0 heterocycles. The van der Waals surface area contributed by atoms with Crippen LogP contribution in [0, 0.1) is 0 Å². The molecule has 0 rings (SSSR count). The van der Waals surface area contributed by atoms with E-state index in [2.05, 4.69) is 5.32 Å². The third kappa shape index (κ3) is 5.97. The fourth-order valence-electron chi connectivity index (χ4n) is 0.445. The SMILES string of the molecule is CC(C)(N)NCC(O)CO. The molecule has 4 nitrogen and oxygen atoms in total. The highest BCUT2D eigenvalue weighted by atomic mass is 16.3. The van der Waals surface area contributed by atoms with Gasteiger partial charge in [-0.1, -0.05) is 0 Å². The van der Waals surface area contributed by atoms with Crippen LogP contribution in [-0.2, 0) is 0 Å².